The lowest BCUT2D eigenvalue weighted by molar-refractivity contribution is 0.363. The summed E-state index contributed by atoms with van der Waals surface area (Å²) in [6.45, 7) is 3.79. The zero-order valence-corrected chi connectivity index (χ0v) is 14.1. The standard InChI is InChI=1S/C14H16Cl2N2O2S/c1-9(15)13-17-11-4-3-10(16)7-12(11)18(13)14(2)5-6-21(19,20)8-14/h3-4,7,9H,5-6,8H2,1-2H3. The molecule has 2 atom stereocenters. The Morgan fingerprint density at radius 1 is 1.43 bits per heavy atom. The van der Waals surface area contributed by atoms with E-state index in [4.69, 9.17) is 23.2 Å². The Bertz CT molecular complexity index is 814. The van der Waals surface area contributed by atoms with Crippen LogP contribution in [0.25, 0.3) is 11.0 Å². The molecule has 2 aromatic rings. The van der Waals surface area contributed by atoms with Gasteiger partial charge in [-0.05, 0) is 38.5 Å². The summed E-state index contributed by atoms with van der Waals surface area (Å²) in [7, 11) is -3.03. The van der Waals surface area contributed by atoms with E-state index in [-0.39, 0.29) is 16.9 Å². The first-order valence-corrected chi connectivity index (χ1v) is 9.38. The van der Waals surface area contributed by atoms with Gasteiger partial charge >= 0.3 is 0 Å². The van der Waals surface area contributed by atoms with Crippen LogP contribution in [0.2, 0.25) is 5.02 Å². The molecule has 0 radical (unpaired) electrons. The van der Waals surface area contributed by atoms with Gasteiger partial charge in [-0.3, -0.25) is 0 Å². The minimum absolute atomic E-state index is 0.106. The van der Waals surface area contributed by atoms with Crippen molar-refractivity contribution in [1.29, 1.82) is 0 Å². The van der Waals surface area contributed by atoms with Crippen LogP contribution in [0.15, 0.2) is 18.2 Å². The van der Waals surface area contributed by atoms with Crippen LogP contribution in [0.4, 0.5) is 0 Å². The van der Waals surface area contributed by atoms with Crippen LogP contribution in [-0.2, 0) is 15.4 Å². The second kappa shape index (κ2) is 4.86. The molecular weight excluding hydrogens is 331 g/mol. The molecule has 0 bridgehead atoms. The molecule has 21 heavy (non-hydrogen) atoms. The Morgan fingerprint density at radius 2 is 2.14 bits per heavy atom. The van der Waals surface area contributed by atoms with Gasteiger partial charge in [-0.1, -0.05) is 11.6 Å². The maximum absolute atomic E-state index is 11.9. The van der Waals surface area contributed by atoms with E-state index < -0.39 is 15.4 Å². The van der Waals surface area contributed by atoms with Gasteiger partial charge in [-0.2, -0.15) is 0 Å². The molecule has 0 saturated carbocycles. The van der Waals surface area contributed by atoms with Crippen molar-refractivity contribution in [3.8, 4) is 0 Å². The summed E-state index contributed by atoms with van der Waals surface area (Å²) in [6.07, 6.45) is 0.559. The summed E-state index contributed by atoms with van der Waals surface area (Å²) in [4.78, 5) is 4.57. The Balaban J connectivity index is 2.29. The topological polar surface area (TPSA) is 52.0 Å². The molecule has 3 rings (SSSR count). The first-order valence-electron chi connectivity index (χ1n) is 6.75. The van der Waals surface area contributed by atoms with Gasteiger partial charge in [-0.25, -0.2) is 13.4 Å². The molecule has 7 heteroatoms. The number of hydrogen-bond donors (Lipinski definition) is 0. The second-order valence-electron chi connectivity index (χ2n) is 5.89. The summed E-state index contributed by atoms with van der Waals surface area (Å²) < 4.78 is 25.8. The van der Waals surface area contributed by atoms with Crippen LogP contribution >= 0.6 is 23.2 Å². The molecule has 1 aromatic carbocycles. The number of hydrogen-bond acceptors (Lipinski definition) is 3. The number of fused-ring (bicyclic) bond motifs is 1. The largest absolute Gasteiger partial charge is 0.320 e. The van der Waals surface area contributed by atoms with E-state index in [2.05, 4.69) is 4.98 Å². The van der Waals surface area contributed by atoms with Crippen molar-refractivity contribution in [1.82, 2.24) is 9.55 Å². The Morgan fingerprint density at radius 3 is 2.71 bits per heavy atom. The van der Waals surface area contributed by atoms with Gasteiger partial charge in [0.2, 0.25) is 0 Å². The summed E-state index contributed by atoms with van der Waals surface area (Å²) in [6, 6.07) is 5.43. The smallest absolute Gasteiger partial charge is 0.152 e. The van der Waals surface area contributed by atoms with Crippen LogP contribution in [-0.4, -0.2) is 29.5 Å². The van der Waals surface area contributed by atoms with Crippen LogP contribution in [0.1, 0.15) is 31.5 Å². The van der Waals surface area contributed by atoms with Crippen molar-refractivity contribution >= 4 is 44.1 Å². The van der Waals surface area contributed by atoms with Gasteiger partial charge in [-0.15, -0.1) is 11.6 Å². The minimum Gasteiger partial charge on any atom is -0.320 e. The van der Waals surface area contributed by atoms with E-state index in [9.17, 15) is 8.42 Å². The molecule has 4 nitrogen and oxygen atoms in total. The first kappa shape index (κ1) is 15.1. The molecule has 2 heterocycles. The lowest BCUT2D eigenvalue weighted by Gasteiger charge is -2.28. The minimum atomic E-state index is -3.03. The zero-order chi connectivity index (χ0) is 15.4. The molecule has 1 aliphatic rings. The second-order valence-corrected chi connectivity index (χ2v) is 9.17. The quantitative estimate of drug-likeness (QED) is 0.781. The summed E-state index contributed by atoms with van der Waals surface area (Å²) >= 11 is 12.4. The van der Waals surface area contributed by atoms with Gasteiger partial charge in [0.15, 0.2) is 9.84 Å². The first-order chi connectivity index (χ1) is 9.72. The van der Waals surface area contributed by atoms with Gasteiger partial charge in [0.05, 0.1) is 33.5 Å². The van der Waals surface area contributed by atoms with Crippen molar-refractivity contribution in [2.45, 2.75) is 31.2 Å². The van der Waals surface area contributed by atoms with E-state index in [1.165, 1.54) is 0 Å². The molecule has 2 unspecified atom stereocenters. The molecule has 0 aliphatic carbocycles. The van der Waals surface area contributed by atoms with Crippen LogP contribution in [0.5, 0.6) is 0 Å². The lowest BCUT2D eigenvalue weighted by Crippen LogP contribution is -2.33. The van der Waals surface area contributed by atoms with E-state index >= 15 is 0 Å². The van der Waals surface area contributed by atoms with Crippen molar-refractivity contribution in [3.05, 3.63) is 29.0 Å². The third-order valence-corrected chi connectivity index (χ3v) is 6.34. The number of sulfone groups is 1. The third kappa shape index (κ3) is 2.56. The summed E-state index contributed by atoms with van der Waals surface area (Å²) in [5.41, 5.74) is 1.09. The van der Waals surface area contributed by atoms with Crippen molar-refractivity contribution in [2.24, 2.45) is 0 Å². The maximum atomic E-state index is 11.9. The molecule has 1 aromatic heterocycles. The fourth-order valence-corrected chi connectivity index (χ4v) is 5.50. The average molecular weight is 347 g/mol. The molecule has 114 valence electrons. The predicted octanol–water partition coefficient (Wildman–Crippen LogP) is 3.52. The fraction of sp³-hybridized carbons (Fsp3) is 0.500. The Kier molecular flexibility index (Phi) is 3.50. The Hall–Kier alpha value is -0.780. The molecule has 1 fully saturated rings. The number of halogens is 2. The van der Waals surface area contributed by atoms with E-state index in [0.29, 0.717) is 17.3 Å². The van der Waals surface area contributed by atoms with Crippen molar-refractivity contribution < 1.29 is 8.42 Å². The number of aromatic nitrogens is 2. The number of alkyl halides is 1. The number of imidazole rings is 1. The third-order valence-electron chi connectivity index (χ3n) is 4.02. The van der Waals surface area contributed by atoms with Gasteiger partial charge < -0.3 is 4.57 Å². The van der Waals surface area contributed by atoms with Gasteiger partial charge in [0.1, 0.15) is 5.82 Å². The van der Waals surface area contributed by atoms with E-state index in [1.54, 1.807) is 6.07 Å². The molecule has 0 N–H and O–H groups in total. The number of benzene rings is 1. The number of nitrogens with zero attached hydrogens (tertiary/aromatic N) is 2. The average Bonchev–Trinajstić information content (AvgIpc) is 2.87. The van der Waals surface area contributed by atoms with Crippen LogP contribution < -0.4 is 0 Å². The molecule has 0 amide bonds. The highest BCUT2D eigenvalue weighted by molar-refractivity contribution is 7.91. The number of rotatable bonds is 2. The summed E-state index contributed by atoms with van der Waals surface area (Å²) in [5, 5.41) is 0.290. The predicted molar refractivity (Wildman–Crippen MR) is 85.9 cm³/mol. The SMILES string of the molecule is CC(Cl)c1nc2ccc(Cl)cc2n1C1(C)CCS(=O)(=O)C1. The van der Waals surface area contributed by atoms with Crippen LogP contribution in [0.3, 0.4) is 0 Å². The van der Waals surface area contributed by atoms with Gasteiger partial charge in [0, 0.05) is 5.02 Å². The van der Waals surface area contributed by atoms with Crippen LogP contribution in [0, 0.1) is 0 Å². The monoisotopic (exact) mass is 346 g/mol. The normalized spacial score (nSPS) is 26.3. The summed E-state index contributed by atoms with van der Waals surface area (Å²) in [5.74, 6) is 0.988. The Labute approximate surface area is 134 Å². The molecular formula is C14H16Cl2N2O2S. The fourth-order valence-electron chi connectivity index (χ4n) is 3.07. The van der Waals surface area contributed by atoms with Crippen molar-refractivity contribution in [2.75, 3.05) is 11.5 Å². The maximum Gasteiger partial charge on any atom is 0.152 e. The highest BCUT2D eigenvalue weighted by Crippen LogP contribution is 2.38. The molecule has 1 aliphatic heterocycles. The lowest BCUT2D eigenvalue weighted by atomic mass is 10.0. The van der Waals surface area contributed by atoms with Gasteiger partial charge in [0.25, 0.3) is 0 Å². The van der Waals surface area contributed by atoms with E-state index in [1.807, 2.05) is 30.5 Å². The van der Waals surface area contributed by atoms with E-state index in [0.717, 1.165) is 11.0 Å². The molecule has 0 spiro atoms. The molecule has 1 saturated heterocycles. The zero-order valence-electron chi connectivity index (χ0n) is 11.8. The highest BCUT2D eigenvalue weighted by atomic mass is 35.5. The highest BCUT2D eigenvalue weighted by Gasteiger charge is 2.42. The van der Waals surface area contributed by atoms with Crippen molar-refractivity contribution in [3.63, 3.8) is 0 Å².